The number of alkyl halides is 3. The maximum atomic E-state index is 12.1. The van der Waals surface area contributed by atoms with E-state index in [1.165, 1.54) is 19.3 Å². The Labute approximate surface area is 139 Å². The molecule has 0 unspecified atom stereocenters. The highest BCUT2D eigenvalue weighted by atomic mass is 19.4. The van der Waals surface area contributed by atoms with Crippen LogP contribution in [0.25, 0.3) is 0 Å². The average Bonchev–Trinajstić information content (AvgIpc) is 2.42. The summed E-state index contributed by atoms with van der Waals surface area (Å²) in [5, 5.41) is 7.47. The van der Waals surface area contributed by atoms with E-state index in [2.05, 4.69) is 10.6 Å². The maximum Gasteiger partial charge on any atom is 0.405 e. The molecule has 0 aromatic heterocycles. The van der Waals surface area contributed by atoms with Crippen LogP contribution in [0.2, 0.25) is 0 Å². The fourth-order valence-corrected chi connectivity index (χ4v) is 5.13. The summed E-state index contributed by atoms with van der Waals surface area (Å²) in [4.78, 5) is 23.4. The molecule has 0 saturated heterocycles. The Bertz CT molecular complexity index is 472. The highest BCUT2D eigenvalue weighted by Crippen LogP contribution is 2.55. The molecular formula is C16H24F3N3O2. The third kappa shape index (κ3) is 4.33. The molecule has 5 nitrogen and oxygen atoms in total. The van der Waals surface area contributed by atoms with Crippen LogP contribution in [0.1, 0.15) is 44.9 Å². The molecule has 0 aliphatic heterocycles. The SMILES string of the molecule is O=C(CCNC(=O)NC12CC3CC(CC(C3)C1)C2)NCC(F)(F)F. The molecule has 4 aliphatic rings. The molecule has 3 amide bonds. The molecule has 4 rings (SSSR count). The second-order valence-electron chi connectivity index (χ2n) is 7.72. The van der Waals surface area contributed by atoms with Crippen molar-refractivity contribution < 1.29 is 22.8 Å². The van der Waals surface area contributed by atoms with Crippen LogP contribution in [0.3, 0.4) is 0 Å². The smallest absolute Gasteiger partial charge is 0.347 e. The van der Waals surface area contributed by atoms with Gasteiger partial charge in [-0.1, -0.05) is 0 Å². The Morgan fingerprint density at radius 3 is 2.00 bits per heavy atom. The Kier molecular flexibility index (Phi) is 4.66. The molecule has 4 fully saturated rings. The number of carbonyl (C=O) groups excluding carboxylic acids is 2. The predicted molar refractivity (Wildman–Crippen MR) is 81.1 cm³/mol. The molecule has 24 heavy (non-hydrogen) atoms. The summed E-state index contributed by atoms with van der Waals surface area (Å²) in [7, 11) is 0. The van der Waals surface area contributed by atoms with E-state index in [0.29, 0.717) is 17.8 Å². The van der Waals surface area contributed by atoms with Crippen LogP contribution in [-0.4, -0.2) is 36.7 Å². The molecule has 0 atom stereocenters. The molecule has 3 N–H and O–H groups in total. The van der Waals surface area contributed by atoms with Crippen LogP contribution >= 0.6 is 0 Å². The maximum absolute atomic E-state index is 12.1. The summed E-state index contributed by atoms with van der Waals surface area (Å²) < 4.78 is 36.0. The van der Waals surface area contributed by atoms with Gasteiger partial charge >= 0.3 is 12.2 Å². The molecule has 0 radical (unpaired) electrons. The molecule has 8 heteroatoms. The Morgan fingerprint density at radius 1 is 0.958 bits per heavy atom. The van der Waals surface area contributed by atoms with Gasteiger partial charge in [-0.05, 0) is 56.3 Å². The van der Waals surface area contributed by atoms with E-state index in [9.17, 15) is 22.8 Å². The minimum Gasteiger partial charge on any atom is -0.347 e. The monoisotopic (exact) mass is 347 g/mol. The first-order valence-electron chi connectivity index (χ1n) is 8.62. The zero-order valence-corrected chi connectivity index (χ0v) is 13.5. The van der Waals surface area contributed by atoms with Gasteiger partial charge in [0.25, 0.3) is 0 Å². The third-order valence-corrected chi connectivity index (χ3v) is 5.54. The van der Waals surface area contributed by atoms with Crippen LogP contribution in [-0.2, 0) is 4.79 Å². The van der Waals surface area contributed by atoms with Crippen LogP contribution in [0, 0.1) is 17.8 Å². The lowest BCUT2D eigenvalue weighted by Gasteiger charge is -2.56. The van der Waals surface area contributed by atoms with Crippen molar-refractivity contribution in [3.8, 4) is 0 Å². The molecule has 4 aliphatic carbocycles. The van der Waals surface area contributed by atoms with Gasteiger partial charge in [-0.15, -0.1) is 0 Å². The zero-order chi connectivity index (χ0) is 17.4. The lowest BCUT2D eigenvalue weighted by molar-refractivity contribution is -0.138. The molecule has 4 saturated carbocycles. The predicted octanol–water partition coefficient (Wildman–Crippen LogP) is 2.32. The molecule has 0 heterocycles. The summed E-state index contributed by atoms with van der Waals surface area (Å²) in [6, 6.07) is -0.319. The molecule has 4 bridgehead atoms. The van der Waals surface area contributed by atoms with Gasteiger partial charge in [0.15, 0.2) is 0 Å². The first-order valence-corrected chi connectivity index (χ1v) is 8.62. The van der Waals surface area contributed by atoms with Gasteiger partial charge in [-0.2, -0.15) is 13.2 Å². The molecule has 0 aromatic carbocycles. The second-order valence-corrected chi connectivity index (χ2v) is 7.72. The zero-order valence-electron chi connectivity index (χ0n) is 13.5. The average molecular weight is 347 g/mol. The number of halogens is 3. The quantitative estimate of drug-likeness (QED) is 0.714. The largest absolute Gasteiger partial charge is 0.405 e. The van der Waals surface area contributed by atoms with Crippen molar-refractivity contribution in [2.45, 2.75) is 56.7 Å². The van der Waals surface area contributed by atoms with Crippen molar-refractivity contribution in [3.05, 3.63) is 0 Å². The molecule has 136 valence electrons. The van der Waals surface area contributed by atoms with Crippen molar-refractivity contribution >= 4 is 11.9 Å². The summed E-state index contributed by atoms with van der Waals surface area (Å²) >= 11 is 0. The topological polar surface area (TPSA) is 70.2 Å². The van der Waals surface area contributed by atoms with Crippen molar-refractivity contribution in [1.29, 1.82) is 0 Å². The van der Waals surface area contributed by atoms with Crippen molar-refractivity contribution in [1.82, 2.24) is 16.0 Å². The van der Waals surface area contributed by atoms with E-state index in [1.54, 1.807) is 5.32 Å². The summed E-state index contributed by atoms with van der Waals surface area (Å²) in [6.07, 6.45) is 2.34. The number of hydrogen-bond donors (Lipinski definition) is 3. The van der Waals surface area contributed by atoms with Gasteiger partial charge < -0.3 is 16.0 Å². The van der Waals surface area contributed by atoms with Crippen molar-refractivity contribution in [2.75, 3.05) is 13.1 Å². The van der Waals surface area contributed by atoms with E-state index in [-0.39, 0.29) is 24.5 Å². The lowest BCUT2D eigenvalue weighted by atomic mass is 9.53. The first kappa shape index (κ1) is 17.4. The molecule has 0 spiro atoms. The Balaban J connectivity index is 1.38. The molecule has 0 aromatic rings. The van der Waals surface area contributed by atoms with Gasteiger partial charge in [0, 0.05) is 18.5 Å². The number of urea groups is 1. The number of nitrogens with one attached hydrogen (secondary N) is 3. The van der Waals surface area contributed by atoms with Crippen molar-refractivity contribution in [2.24, 2.45) is 17.8 Å². The standard InChI is InChI=1S/C16H24F3N3O2/c17-16(18,19)9-21-13(23)1-2-20-14(24)22-15-6-10-3-11(7-15)5-12(4-10)8-15/h10-12H,1-9H2,(H,21,23)(H2,20,22,24). The molecular weight excluding hydrogens is 323 g/mol. The Hall–Kier alpha value is -1.47. The summed E-state index contributed by atoms with van der Waals surface area (Å²) in [6.45, 7) is -1.31. The van der Waals surface area contributed by atoms with Gasteiger partial charge in [0.05, 0.1) is 0 Å². The van der Waals surface area contributed by atoms with Gasteiger partial charge in [-0.3, -0.25) is 4.79 Å². The van der Waals surface area contributed by atoms with E-state index in [4.69, 9.17) is 0 Å². The van der Waals surface area contributed by atoms with Gasteiger partial charge in [0.1, 0.15) is 6.54 Å². The highest BCUT2D eigenvalue weighted by molar-refractivity contribution is 5.78. The van der Waals surface area contributed by atoms with Crippen LogP contribution in [0.5, 0.6) is 0 Å². The Morgan fingerprint density at radius 2 is 1.50 bits per heavy atom. The van der Waals surface area contributed by atoms with Gasteiger partial charge in [0.2, 0.25) is 5.91 Å². The number of carbonyl (C=O) groups is 2. The minimum absolute atomic E-state index is 0.0297. The van der Waals surface area contributed by atoms with E-state index < -0.39 is 18.6 Å². The minimum atomic E-state index is -4.42. The normalized spacial score (nSPS) is 34.0. The second kappa shape index (κ2) is 6.44. The third-order valence-electron chi connectivity index (χ3n) is 5.54. The van der Waals surface area contributed by atoms with E-state index in [1.807, 2.05) is 0 Å². The van der Waals surface area contributed by atoms with Crippen molar-refractivity contribution in [3.63, 3.8) is 0 Å². The number of rotatable bonds is 5. The van der Waals surface area contributed by atoms with Gasteiger partial charge in [-0.25, -0.2) is 4.79 Å². The number of amides is 3. The first-order chi connectivity index (χ1) is 11.2. The van der Waals surface area contributed by atoms with Crippen LogP contribution < -0.4 is 16.0 Å². The fraction of sp³-hybridized carbons (Fsp3) is 0.875. The highest BCUT2D eigenvalue weighted by Gasteiger charge is 2.51. The summed E-state index contributed by atoms with van der Waals surface area (Å²) in [5.74, 6) is 1.42. The van der Waals surface area contributed by atoms with E-state index in [0.717, 1.165) is 19.3 Å². The van der Waals surface area contributed by atoms with Crippen LogP contribution in [0.15, 0.2) is 0 Å². The van der Waals surface area contributed by atoms with E-state index >= 15 is 0 Å². The summed E-state index contributed by atoms with van der Waals surface area (Å²) in [5.41, 5.74) is -0.114. The fourth-order valence-electron chi connectivity index (χ4n) is 5.13. The number of hydrogen-bond acceptors (Lipinski definition) is 2. The van der Waals surface area contributed by atoms with Crippen LogP contribution in [0.4, 0.5) is 18.0 Å². The lowest BCUT2D eigenvalue weighted by Crippen LogP contribution is -2.61.